The normalized spacial score (nSPS) is 10.8. The number of benzene rings is 1. The van der Waals surface area contributed by atoms with Gasteiger partial charge in [-0.15, -0.1) is 0 Å². The van der Waals surface area contributed by atoms with Crippen LogP contribution in [0.3, 0.4) is 0 Å². The first-order chi connectivity index (χ1) is 9.51. The van der Waals surface area contributed by atoms with Crippen molar-refractivity contribution in [3.05, 3.63) is 29.8 Å². The van der Waals surface area contributed by atoms with Gasteiger partial charge in [-0.25, -0.2) is 13.1 Å². The number of nitriles is 1. The molecule has 0 aliphatic carbocycles. The number of sulfonamides is 1. The zero-order valence-corrected chi connectivity index (χ0v) is 11.7. The molecule has 0 heterocycles. The summed E-state index contributed by atoms with van der Waals surface area (Å²) < 4.78 is 30.9. The van der Waals surface area contributed by atoms with Crippen LogP contribution in [-0.2, 0) is 19.6 Å². The van der Waals surface area contributed by atoms with Crippen molar-refractivity contribution < 1.29 is 17.9 Å². The van der Waals surface area contributed by atoms with E-state index in [1.165, 1.54) is 25.3 Å². The Hall–Kier alpha value is -1.95. The molecule has 0 saturated heterocycles. The lowest BCUT2D eigenvalue weighted by molar-refractivity contribution is -0.120. The van der Waals surface area contributed by atoms with E-state index in [2.05, 4.69) is 10.0 Å². The quantitative estimate of drug-likeness (QED) is 0.666. The lowest BCUT2D eigenvalue weighted by Gasteiger charge is -2.08. The smallest absolute Gasteiger partial charge is 0.242 e. The third kappa shape index (κ3) is 4.62. The van der Waals surface area contributed by atoms with Gasteiger partial charge in [0.15, 0.2) is 0 Å². The fourth-order valence-corrected chi connectivity index (χ4v) is 2.52. The zero-order chi connectivity index (χ0) is 15.0. The van der Waals surface area contributed by atoms with E-state index in [-0.39, 0.29) is 10.5 Å². The number of carbonyl (C=O) groups is 1. The Morgan fingerprint density at radius 2 is 2.10 bits per heavy atom. The molecule has 1 amide bonds. The topological polar surface area (TPSA) is 108 Å². The molecule has 1 rings (SSSR count). The molecular formula is C12H15N3O4S. The van der Waals surface area contributed by atoms with Crippen LogP contribution in [0, 0.1) is 11.3 Å². The molecule has 1 aromatic rings. The van der Waals surface area contributed by atoms with E-state index in [0.29, 0.717) is 13.2 Å². The second-order valence-corrected chi connectivity index (χ2v) is 5.51. The number of nitrogens with zero attached hydrogens (tertiary/aromatic N) is 1. The summed E-state index contributed by atoms with van der Waals surface area (Å²) in [5, 5.41) is 11.3. The van der Waals surface area contributed by atoms with E-state index in [4.69, 9.17) is 10.00 Å². The molecule has 0 saturated carbocycles. The summed E-state index contributed by atoms with van der Waals surface area (Å²) in [7, 11) is -2.40. The van der Waals surface area contributed by atoms with Gasteiger partial charge in [0, 0.05) is 13.7 Å². The van der Waals surface area contributed by atoms with Crippen molar-refractivity contribution in [2.45, 2.75) is 4.90 Å². The zero-order valence-electron chi connectivity index (χ0n) is 10.9. The van der Waals surface area contributed by atoms with Crippen LogP contribution < -0.4 is 10.0 Å². The van der Waals surface area contributed by atoms with Crippen LogP contribution in [0.2, 0.25) is 0 Å². The Morgan fingerprint density at radius 3 is 2.75 bits per heavy atom. The molecule has 0 aliphatic heterocycles. The molecule has 108 valence electrons. The van der Waals surface area contributed by atoms with E-state index in [9.17, 15) is 13.2 Å². The molecule has 0 radical (unpaired) electrons. The molecule has 0 bridgehead atoms. The summed E-state index contributed by atoms with van der Waals surface area (Å²) in [6, 6.07) is 7.57. The van der Waals surface area contributed by atoms with Gasteiger partial charge in [0.05, 0.1) is 23.6 Å². The summed E-state index contributed by atoms with van der Waals surface area (Å²) in [4.78, 5) is 11.2. The Kier molecular flexibility index (Phi) is 6.11. The van der Waals surface area contributed by atoms with Gasteiger partial charge < -0.3 is 10.1 Å². The van der Waals surface area contributed by atoms with E-state index < -0.39 is 22.5 Å². The van der Waals surface area contributed by atoms with Crippen LogP contribution in [0.5, 0.6) is 0 Å². The highest BCUT2D eigenvalue weighted by Crippen LogP contribution is 2.13. The molecule has 0 unspecified atom stereocenters. The van der Waals surface area contributed by atoms with Crippen LogP contribution in [-0.4, -0.2) is 41.1 Å². The Labute approximate surface area is 117 Å². The summed E-state index contributed by atoms with van der Waals surface area (Å²) in [6.45, 7) is 0.243. The molecule has 2 N–H and O–H groups in total. The second kappa shape index (κ2) is 7.59. The minimum atomic E-state index is -3.89. The number of hydrogen-bond acceptors (Lipinski definition) is 5. The third-order valence-electron chi connectivity index (χ3n) is 2.35. The molecule has 0 atom stereocenters. The first-order valence-corrected chi connectivity index (χ1v) is 7.24. The first-order valence-electron chi connectivity index (χ1n) is 5.75. The van der Waals surface area contributed by atoms with Crippen molar-refractivity contribution in [3.63, 3.8) is 0 Å². The summed E-state index contributed by atoms with van der Waals surface area (Å²) >= 11 is 0. The van der Waals surface area contributed by atoms with Gasteiger partial charge in [0.25, 0.3) is 0 Å². The monoisotopic (exact) mass is 297 g/mol. The van der Waals surface area contributed by atoms with Crippen LogP contribution in [0.15, 0.2) is 29.2 Å². The Bertz CT molecular complexity index is 607. The summed E-state index contributed by atoms with van der Waals surface area (Å²) in [5.74, 6) is -0.472. The molecule has 0 spiro atoms. The van der Waals surface area contributed by atoms with Gasteiger partial charge >= 0.3 is 0 Å². The fraction of sp³-hybridized carbons (Fsp3) is 0.333. The molecule has 0 aromatic heterocycles. The third-order valence-corrected chi connectivity index (χ3v) is 3.81. The van der Waals surface area contributed by atoms with Crippen molar-refractivity contribution in [1.82, 2.24) is 10.0 Å². The van der Waals surface area contributed by atoms with Gasteiger partial charge in [-0.1, -0.05) is 12.1 Å². The van der Waals surface area contributed by atoms with Crippen molar-refractivity contribution in [2.24, 2.45) is 0 Å². The van der Waals surface area contributed by atoms with Gasteiger partial charge in [-0.05, 0) is 12.1 Å². The van der Waals surface area contributed by atoms with Gasteiger partial charge in [-0.2, -0.15) is 5.26 Å². The number of ether oxygens (including phenoxy) is 1. The van der Waals surface area contributed by atoms with Gasteiger partial charge in [0.2, 0.25) is 15.9 Å². The SMILES string of the molecule is COCCNC(=O)CNS(=O)(=O)c1ccccc1C#N. The van der Waals surface area contributed by atoms with Gasteiger partial charge in [-0.3, -0.25) is 4.79 Å². The Morgan fingerprint density at radius 1 is 1.40 bits per heavy atom. The molecule has 7 nitrogen and oxygen atoms in total. The lowest BCUT2D eigenvalue weighted by atomic mass is 10.2. The first kappa shape index (κ1) is 16.1. The maximum Gasteiger partial charge on any atom is 0.242 e. The highest BCUT2D eigenvalue weighted by atomic mass is 32.2. The number of amides is 1. The molecular weight excluding hydrogens is 282 g/mol. The van der Waals surface area contributed by atoms with Crippen LogP contribution in [0.4, 0.5) is 0 Å². The van der Waals surface area contributed by atoms with E-state index >= 15 is 0 Å². The fourth-order valence-electron chi connectivity index (χ4n) is 1.39. The van der Waals surface area contributed by atoms with Gasteiger partial charge in [0.1, 0.15) is 6.07 Å². The molecule has 8 heteroatoms. The standard InChI is InChI=1S/C12H15N3O4S/c1-19-7-6-14-12(16)9-15-20(17,18)11-5-3-2-4-10(11)8-13/h2-5,15H,6-7,9H2,1H3,(H,14,16). The number of carbonyl (C=O) groups excluding carboxylic acids is 1. The van der Waals surface area contributed by atoms with E-state index in [1.54, 1.807) is 12.1 Å². The number of nitrogens with one attached hydrogen (secondary N) is 2. The predicted octanol–water partition coefficient (Wildman–Crippen LogP) is -0.401. The summed E-state index contributed by atoms with van der Waals surface area (Å²) in [6.07, 6.45) is 0. The molecule has 0 aliphatic rings. The molecule has 1 aromatic carbocycles. The number of rotatable bonds is 7. The Balaban J connectivity index is 2.67. The van der Waals surface area contributed by atoms with Crippen molar-refractivity contribution in [3.8, 4) is 6.07 Å². The highest BCUT2D eigenvalue weighted by Gasteiger charge is 2.18. The van der Waals surface area contributed by atoms with Crippen LogP contribution in [0.25, 0.3) is 0 Å². The predicted molar refractivity (Wildman–Crippen MR) is 71.2 cm³/mol. The maximum atomic E-state index is 12.0. The van der Waals surface area contributed by atoms with Crippen molar-refractivity contribution in [2.75, 3.05) is 26.8 Å². The minimum absolute atomic E-state index is 0.0276. The summed E-state index contributed by atoms with van der Waals surface area (Å²) in [5.41, 5.74) is 0.0276. The van der Waals surface area contributed by atoms with Crippen molar-refractivity contribution in [1.29, 1.82) is 5.26 Å². The average molecular weight is 297 g/mol. The second-order valence-electron chi connectivity index (χ2n) is 3.78. The average Bonchev–Trinajstić information content (AvgIpc) is 2.45. The van der Waals surface area contributed by atoms with E-state index in [0.717, 1.165) is 0 Å². The van der Waals surface area contributed by atoms with Crippen LogP contribution >= 0.6 is 0 Å². The molecule has 20 heavy (non-hydrogen) atoms. The van der Waals surface area contributed by atoms with E-state index in [1.807, 2.05) is 0 Å². The maximum absolute atomic E-state index is 12.0. The van der Waals surface area contributed by atoms with Crippen LogP contribution in [0.1, 0.15) is 5.56 Å². The largest absolute Gasteiger partial charge is 0.383 e. The number of hydrogen-bond donors (Lipinski definition) is 2. The molecule has 0 fully saturated rings. The minimum Gasteiger partial charge on any atom is -0.383 e. The number of methoxy groups -OCH3 is 1. The lowest BCUT2D eigenvalue weighted by Crippen LogP contribution is -2.38. The van der Waals surface area contributed by atoms with Crippen molar-refractivity contribution >= 4 is 15.9 Å². The highest BCUT2D eigenvalue weighted by molar-refractivity contribution is 7.89.